The van der Waals surface area contributed by atoms with E-state index in [1.54, 1.807) is 25.2 Å². The summed E-state index contributed by atoms with van der Waals surface area (Å²) >= 11 is 0. The first-order chi connectivity index (χ1) is 10.0. The maximum atomic E-state index is 12.4. The zero-order valence-electron chi connectivity index (χ0n) is 12.5. The highest BCUT2D eigenvalue weighted by Crippen LogP contribution is 2.16. The molecule has 2 rings (SSSR count). The highest BCUT2D eigenvalue weighted by atomic mass is 16.5. The number of aromatic nitrogens is 2. The summed E-state index contributed by atoms with van der Waals surface area (Å²) in [4.78, 5) is 27.6. The van der Waals surface area contributed by atoms with Crippen LogP contribution in [0.15, 0.2) is 6.20 Å². The Morgan fingerprint density at radius 1 is 1.43 bits per heavy atom. The molecule has 0 bridgehead atoms. The Hall–Kier alpha value is -2.09. The molecule has 0 aromatic carbocycles. The van der Waals surface area contributed by atoms with E-state index in [4.69, 9.17) is 9.47 Å². The van der Waals surface area contributed by atoms with Gasteiger partial charge in [0.2, 0.25) is 11.8 Å². The summed E-state index contributed by atoms with van der Waals surface area (Å²) in [6, 6.07) is 0. The number of aryl methyl sites for hydroxylation is 1. The molecule has 1 aliphatic rings. The summed E-state index contributed by atoms with van der Waals surface area (Å²) in [6.07, 6.45) is 1.58. The van der Waals surface area contributed by atoms with Gasteiger partial charge in [0.25, 0.3) is 5.91 Å². The zero-order valence-corrected chi connectivity index (χ0v) is 12.5. The third kappa shape index (κ3) is 3.52. The Bertz CT molecular complexity index is 522. The minimum atomic E-state index is -0.290. The maximum Gasteiger partial charge on any atom is 0.261 e. The maximum absolute atomic E-state index is 12.4. The Balaban J connectivity index is 2.00. The Morgan fingerprint density at radius 2 is 2.10 bits per heavy atom. The SMILES string of the molecule is COc1nn(C)cc1C(=O)N(C)CC(=O)N1CCOCC1. The fourth-order valence-corrected chi connectivity index (χ4v) is 2.16. The molecule has 0 spiro atoms. The number of morpholine rings is 1. The largest absolute Gasteiger partial charge is 0.479 e. The Labute approximate surface area is 123 Å². The van der Waals surface area contributed by atoms with Crippen LogP contribution >= 0.6 is 0 Å². The molecule has 1 aromatic heterocycles. The molecular weight excluding hydrogens is 276 g/mol. The lowest BCUT2D eigenvalue weighted by atomic mass is 10.3. The molecule has 21 heavy (non-hydrogen) atoms. The first kappa shape index (κ1) is 15.3. The fourth-order valence-electron chi connectivity index (χ4n) is 2.16. The van der Waals surface area contributed by atoms with E-state index in [9.17, 15) is 9.59 Å². The van der Waals surface area contributed by atoms with Crippen LogP contribution in [0.2, 0.25) is 0 Å². The van der Waals surface area contributed by atoms with Crippen molar-refractivity contribution in [1.82, 2.24) is 19.6 Å². The topological polar surface area (TPSA) is 76.9 Å². The van der Waals surface area contributed by atoms with E-state index in [1.807, 2.05) is 0 Å². The van der Waals surface area contributed by atoms with Gasteiger partial charge in [0.05, 0.1) is 26.9 Å². The first-order valence-corrected chi connectivity index (χ1v) is 6.71. The van der Waals surface area contributed by atoms with Gasteiger partial charge in [0.15, 0.2) is 0 Å². The molecule has 0 N–H and O–H groups in total. The minimum Gasteiger partial charge on any atom is -0.479 e. The van der Waals surface area contributed by atoms with Crippen molar-refractivity contribution in [2.24, 2.45) is 7.05 Å². The van der Waals surface area contributed by atoms with Crippen LogP contribution in [0.4, 0.5) is 0 Å². The fraction of sp³-hybridized carbons (Fsp3) is 0.615. The van der Waals surface area contributed by atoms with Gasteiger partial charge in [-0.1, -0.05) is 0 Å². The van der Waals surface area contributed by atoms with Crippen molar-refractivity contribution < 1.29 is 19.1 Å². The highest BCUT2D eigenvalue weighted by Gasteiger charge is 2.24. The van der Waals surface area contributed by atoms with Crippen LogP contribution in [0.25, 0.3) is 0 Å². The van der Waals surface area contributed by atoms with E-state index in [-0.39, 0.29) is 24.2 Å². The number of hydrogen-bond acceptors (Lipinski definition) is 5. The molecular formula is C13H20N4O4. The van der Waals surface area contributed by atoms with Crippen LogP contribution < -0.4 is 4.74 Å². The number of ether oxygens (including phenoxy) is 2. The molecule has 116 valence electrons. The number of carbonyl (C=O) groups is 2. The molecule has 0 radical (unpaired) electrons. The third-order valence-electron chi connectivity index (χ3n) is 3.30. The number of likely N-dealkylation sites (N-methyl/N-ethyl adjacent to an activating group) is 1. The van der Waals surface area contributed by atoms with Gasteiger partial charge in [-0.2, -0.15) is 0 Å². The zero-order chi connectivity index (χ0) is 15.4. The van der Waals surface area contributed by atoms with E-state index in [0.717, 1.165) is 0 Å². The van der Waals surface area contributed by atoms with E-state index in [0.29, 0.717) is 31.9 Å². The van der Waals surface area contributed by atoms with E-state index in [1.165, 1.54) is 16.7 Å². The van der Waals surface area contributed by atoms with E-state index in [2.05, 4.69) is 5.10 Å². The molecule has 1 aromatic rings. The van der Waals surface area contributed by atoms with Gasteiger partial charge in [-0.25, -0.2) is 0 Å². The molecule has 0 aliphatic carbocycles. The number of carbonyl (C=O) groups excluding carboxylic acids is 2. The average Bonchev–Trinajstić information content (AvgIpc) is 2.88. The second-order valence-corrected chi connectivity index (χ2v) is 4.88. The van der Waals surface area contributed by atoms with Crippen molar-refractivity contribution in [3.05, 3.63) is 11.8 Å². The smallest absolute Gasteiger partial charge is 0.261 e. The number of rotatable bonds is 4. The van der Waals surface area contributed by atoms with Gasteiger partial charge < -0.3 is 19.3 Å². The predicted octanol–water partition coefficient (Wildman–Crippen LogP) is -0.640. The standard InChI is InChI=1S/C13H20N4O4/c1-15(9-11(18)17-4-6-21-7-5-17)13(19)10-8-16(2)14-12(10)20-3/h8H,4-7,9H2,1-3H3. The molecule has 1 aliphatic heterocycles. The summed E-state index contributed by atoms with van der Waals surface area (Å²) in [5.74, 6) is -0.119. The van der Waals surface area contributed by atoms with Crippen LogP contribution in [-0.2, 0) is 16.6 Å². The summed E-state index contributed by atoms with van der Waals surface area (Å²) in [6.45, 7) is 2.24. The second kappa shape index (κ2) is 6.57. The van der Waals surface area contributed by atoms with Crippen LogP contribution in [0.1, 0.15) is 10.4 Å². The molecule has 0 atom stereocenters. The normalized spacial score (nSPS) is 14.9. The molecule has 1 fully saturated rings. The summed E-state index contributed by atoms with van der Waals surface area (Å²) in [7, 11) is 4.75. The van der Waals surface area contributed by atoms with Gasteiger partial charge in [-0.3, -0.25) is 14.3 Å². The van der Waals surface area contributed by atoms with Crippen molar-refractivity contribution in [3.8, 4) is 5.88 Å². The van der Waals surface area contributed by atoms with Gasteiger partial charge in [-0.15, -0.1) is 5.10 Å². The quantitative estimate of drug-likeness (QED) is 0.738. The van der Waals surface area contributed by atoms with Crippen LogP contribution in [-0.4, -0.2) is 78.4 Å². The second-order valence-electron chi connectivity index (χ2n) is 4.88. The van der Waals surface area contributed by atoms with Gasteiger partial charge in [0.1, 0.15) is 5.56 Å². The molecule has 2 amide bonds. The van der Waals surface area contributed by atoms with Crippen LogP contribution in [0.3, 0.4) is 0 Å². The first-order valence-electron chi connectivity index (χ1n) is 6.71. The third-order valence-corrected chi connectivity index (χ3v) is 3.30. The lowest BCUT2D eigenvalue weighted by Crippen LogP contribution is -2.46. The molecule has 0 saturated carbocycles. The van der Waals surface area contributed by atoms with Gasteiger partial charge >= 0.3 is 0 Å². The molecule has 0 unspecified atom stereocenters. The van der Waals surface area contributed by atoms with Crippen molar-refractivity contribution in [1.29, 1.82) is 0 Å². The Kier molecular flexibility index (Phi) is 4.79. The van der Waals surface area contributed by atoms with E-state index < -0.39 is 0 Å². The van der Waals surface area contributed by atoms with Crippen molar-refractivity contribution in [3.63, 3.8) is 0 Å². The van der Waals surface area contributed by atoms with E-state index >= 15 is 0 Å². The molecule has 8 nitrogen and oxygen atoms in total. The summed E-state index contributed by atoms with van der Waals surface area (Å²) in [5.41, 5.74) is 0.345. The van der Waals surface area contributed by atoms with Crippen molar-refractivity contribution >= 4 is 11.8 Å². The lowest BCUT2D eigenvalue weighted by molar-refractivity contribution is -0.135. The number of amides is 2. The Morgan fingerprint density at radius 3 is 2.71 bits per heavy atom. The summed E-state index contributed by atoms with van der Waals surface area (Å²) in [5, 5.41) is 4.04. The average molecular weight is 296 g/mol. The molecule has 8 heteroatoms. The van der Waals surface area contributed by atoms with Crippen LogP contribution in [0, 0.1) is 0 Å². The monoisotopic (exact) mass is 296 g/mol. The van der Waals surface area contributed by atoms with Crippen molar-refractivity contribution in [2.45, 2.75) is 0 Å². The summed E-state index contributed by atoms with van der Waals surface area (Å²) < 4.78 is 11.8. The number of hydrogen-bond donors (Lipinski definition) is 0. The minimum absolute atomic E-state index is 0.0247. The lowest BCUT2D eigenvalue weighted by Gasteiger charge is -2.28. The molecule has 1 saturated heterocycles. The highest BCUT2D eigenvalue weighted by molar-refractivity contribution is 5.98. The van der Waals surface area contributed by atoms with Gasteiger partial charge in [0, 0.05) is 33.4 Å². The predicted molar refractivity (Wildman–Crippen MR) is 74.1 cm³/mol. The number of nitrogens with zero attached hydrogens (tertiary/aromatic N) is 4. The van der Waals surface area contributed by atoms with Crippen LogP contribution in [0.5, 0.6) is 5.88 Å². The van der Waals surface area contributed by atoms with Crippen molar-refractivity contribution in [2.75, 3.05) is 47.0 Å². The van der Waals surface area contributed by atoms with Gasteiger partial charge in [-0.05, 0) is 0 Å². The molecule has 2 heterocycles. The number of methoxy groups -OCH3 is 1.